The minimum Gasteiger partial charge on any atom is -0.354 e. The molecule has 0 bridgehead atoms. The molecule has 0 radical (unpaired) electrons. The standard InChI is InChI=1S/C19H22N8OS/c1-13-14(2)22-17(15-4-3-5-20-10-15)24-18(13)27-8-6-26(7-9-27)11-16(28)23-19-25-21-12-29-19/h3-5,10,12H,6-9,11H2,1-2H3,(H,23,25,28). The van der Waals surface area contributed by atoms with Crippen LogP contribution in [0.4, 0.5) is 10.9 Å². The smallest absolute Gasteiger partial charge is 0.240 e. The largest absolute Gasteiger partial charge is 0.354 e. The van der Waals surface area contributed by atoms with Gasteiger partial charge in [0.15, 0.2) is 5.82 Å². The predicted molar refractivity (Wildman–Crippen MR) is 112 cm³/mol. The molecule has 1 fully saturated rings. The van der Waals surface area contributed by atoms with E-state index in [1.807, 2.05) is 19.1 Å². The zero-order valence-electron chi connectivity index (χ0n) is 16.4. The lowest BCUT2D eigenvalue weighted by molar-refractivity contribution is -0.117. The number of amides is 1. The fourth-order valence-electron chi connectivity index (χ4n) is 3.25. The Morgan fingerprint density at radius 1 is 1.21 bits per heavy atom. The molecule has 1 aliphatic rings. The molecule has 1 N–H and O–H groups in total. The maximum atomic E-state index is 12.2. The van der Waals surface area contributed by atoms with Crippen molar-refractivity contribution >= 4 is 28.2 Å². The van der Waals surface area contributed by atoms with E-state index in [0.29, 0.717) is 17.5 Å². The highest BCUT2D eigenvalue weighted by Gasteiger charge is 2.23. The van der Waals surface area contributed by atoms with Gasteiger partial charge >= 0.3 is 0 Å². The minimum absolute atomic E-state index is 0.0666. The Labute approximate surface area is 172 Å². The number of carbonyl (C=O) groups excluding carboxylic acids is 1. The third-order valence-corrected chi connectivity index (χ3v) is 5.54. The summed E-state index contributed by atoms with van der Waals surface area (Å²) in [5, 5.41) is 10.9. The Kier molecular flexibility index (Phi) is 5.72. The van der Waals surface area contributed by atoms with E-state index in [0.717, 1.165) is 48.8 Å². The lowest BCUT2D eigenvalue weighted by atomic mass is 10.2. The number of piperazine rings is 1. The maximum Gasteiger partial charge on any atom is 0.240 e. The van der Waals surface area contributed by atoms with Gasteiger partial charge in [0, 0.05) is 55.4 Å². The van der Waals surface area contributed by atoms with Crippen molar-refractivity contribution in [2.75, 3.05) is 42.9 Å². The van der Waals surface area contributed by atoms with E-state index in [2.05, 4.69) is 42.2 Å². The van der Waals surface area contributed by atoms with E-state index < -0.39 is 0 Å². The molecule has 0 spiro atoms. The Hall–Kier alpha value is -2.98. The van der Waals surface area contributed by atoms with Crippen LogP contribution in [0.5, 0.6) is 0 Å². The molecule has 9 nitrogen and oxygen atoms in total. The molecule has 1 amide bonds. The number of hydrogen-bond donors (Lipinski definition) is 1. The summed E-state index contributed by atoms with van der Waals surface area (Å²) in [6.45, 7) is 7.58. The number of rotatable bonds is 5. The Balaban J connectivity index is 1.42. The quantitative estimate of drug-likeness (QED) is 0.679. The van der Waals surface area contributed by atoms with Crippen molar-refractivity contribution in [3.8, 4) is 11.4 Å². The molecular weight excluding hydrogens is 388 g/mol. The summed E-state index contributed by atoms with van der Waals surface area (Å²) in [6.07, 6.45) is 3.52. The fraction of sp³-hybridized carbons (Fsp3) is 0.368. The van der Waals surface area contributed by atoms with Gasteiger partial charge < -0.3 is 4.90 Å². The summed E-state index contributed by atoms with van der Waals surface area (Å²) >= 11 is 1.31. The summed E-state index contributed by atoms with van der Waals surface area (Å²) in [5.41, 5.74) is 4.55. The van der Waals surface area contributed by atoms with E-state index >= 15 is 0 Å². The van der Waals surface area contributed by atoms with Gasteiger partial charge in [0.05, 0.1) is 6.54 Å². The number of pyridine rings is 1. The number of aromatic nitrogens is 5. The second kappa shape index (κ2) is 8.58. The van der Waals surface area contributed by atoms with E-state index in [4.69, 9.17) is 4.98 Å². The number of nitrogens with zero attached hydrogens (tertiary/aromatic N) is 7. The van der Waals surface area contributed by atoms with Crippen molar-refractivity contribution in [3.05, 3.63) is 41.3 Å². The van der Waals surface area contributed by atoms with Gasteiger partial charge in [-0.2, -0.15) is 0 Å². The average molecular weight is 411 g/mol. The van der Waals surface area contributed by atoms with Crippen LogP contribution in [0.15, 0.2) is 30.0 Å². The minimum atomic E-state index is -0.0666. The molecule has 4 rings (SSSR count). The first-order valence-electron chi connectivity index (χ1n) is 9.39. The van der Waals surface area contributed by atoms with Gasteiger partial charge in [-0.05, 0) is 26.0 Å². The summed E-state index contributed by atoms with van der Waals surface area (Å²) in [6, 6.07) is 3.86. The molecule has 0 aliphatic carbocycles. The van der Waals surface area contributed by atoms with Crippen LogP contribution >= 0.6 is 11.3 Å². The zero-order chi connectivity index (χ0) is 20.2. The molecule has 3 aromatic rings. The molecule has 3 aromatic heterocycles. The highest BCUT2D eigenvalue weighted by Crippen LogP contribution is 2.25. The SMILES string of the molecule is Cc1nc(-c2cccnc2)nc(N2CCN(CC(=O)Nc3nncs3)CC2)c1C. The van der Waals surface area contributed by atoms with Gasteiger partial charge in [0.1, 0.15) is 11.3 Å². The lowest BCUT2D eigenvalue weighted by Gasteiger charge is -2.35. The van der Waals surface area contributed by atoms with Gasteiger partial charge in [0.2, 0.25) is 11.0 Å². The number of anilines is 2. The van der Waals surface area contributed by atoms with Crippen LogP contribution in [-0.2, 0) is 4.79 Å². The molecule has 0 atom stereocenters. The second-order valence-electron chi connectivity index (χ2n) is 6.88. The number of aryl methyl sites for hydroxylation is 1. The Morgan fingerprint density at radius 2 is 2.03 bits per heavy atom. The molecule has 0 aromatic carbocycles. The summed E-state index contributed by atoms with van der Waals surface area (Å²) in [5.74, 6) is 1.58. The van der Waals surface area contributed by atoms with Gasteiger partial charge in [-0.1, -0.05) is 11.3 Å². The first kappa shape index (κ1) is 19.3. The van der Waals surface area contributed by atoms with E-state index in [9.17, 15) is 4.79 Å². The van der Waals surface area contributed by atoms with E-state index in [1.54, 1.807) is 17.9 Å². The average Bonchev–Trinajstić information content (AvgIpc) is 3.24. The first-order chi connectivity index (χ1) is 14.1. The molecule has 150 valence electrons. The number of hydrogen-bond acceptors (Lipinski definition) is 9. The number of nitrogens with one attached hydrogen (secondary N) is 1. The lowest BCUT2D eigenvalue weighted by Crippen LogP contribution is -2.49. The van der Waals surface area contributed by atoms with Crippen molar-refractivity contribution in [2.24, 2.45) is 0 Å². The molecule has 0 saturated carbocycles. The Bertz CT molecular complexity index is 971. The van der Waals surface area contributed by atoms with Crippen molar-refractivity contribution in [1.82, 2.24) is 30.0 Å². The molecule has 4 heterocycles. The van der Waals surface area contributed by atoms with Gasteiger partial charge in [-0.15, -0.1) is 10.2 Å². The van der Waals surface area contributed by atoms with Crippen LogP contribution in [0.2, 0.25) is 0 Å². The normalized spacial score (nSPS) is 14.8. The third kappa shape index (κ3) is 4.54. The molecule has 1 aliphatic heterocycles. The van der Waals surface area contributed by atoms with Crippen LogP contribution in [0.25, 0.3) is 11.4 Å². The molecular formula is C19H22N8OS. The van der Waals surface area contributed by atoms with Crippen LogP contribution in [0.1, 0.15) is 11.3 Å². The van der Waals surface area contributed by atoms with Crippen LogP contribution in [-0.4, -0.2) is 68.7 Å². The van der Waals surface area contributed by atoms with Crippen LogP contribution in [0, 0.1) is 13.8 Å². The molecule has 0 unspecified atom stereocenters. The monoisotopic (exact) mass is 410 g/mol. The Morgan fingerprint density at radius 3 is 2.72 bits per heavy atom. The summed E-state index contributed by atoms with van der Waals surface area (Å²) in [7, 11) is 0. The summed E-state index contributed by atoms with van der Waals surface area (Å²) < 4.78 is 0. The summed E-state index contributed by atoms with van der Waals surface area (Å²) in [4.78, 5) is 30.2. The van der Waals surface area contributed by atoms with E-state index in [1.165, 1.54) is 11.3 Å². The van der Waals surface area contributed by atoms with Gasteiger partial charge in [-0.25, -0.2) is 9.97 Å². The van der Waals surface area contributed by atoms with Crippen molar-refractivity contribution in [2.45, 2.75) is 13.8 Å². The highest BCUT2D eigenvalue weighted by atomic mass is 32.1. The van der Waals surface area contributed by atoms with Crippen molar-refractivity contribution in [3.63, 3.8) is 0 Å². The van der Waals surface area contributed by atoms with Crippen LogP contribution < -0.4 is 10.2 Å². The molecule has 1 saturated heterocycles. The fourth-order valence-corrected chi connectivity index (χ4v) is 3.71. The predicted octanol–water partition coefficient (Wildman–Crippen LogP) is 1.77. The first-order valence-corrected chi connectivity index (χ1v) is 10.3. The highest BCUT2D eigenvalue weighted by molar-refractivity contribution is 7.13. The van der Waals surface area contributed by atoms with Crippen molar-refractivity contribution in [1.29, 1.82) is 0 Å². The maximum absolute atomic E-state index is 12.2. The topological polar surface area (TPSA) is 100 Å². The van der Waals surface area contributed by atoms with Crippen LogP contribution in [0.3, 0.4) is 0 Å². The van der Waals surface area contributed by atoms with Crippen molar-refractivity contribution < 1.29 is 4.79 Å². The van der Waals surface area contributed by atoms with Gasteiger partial charge in [0.25, 0.3) is 0 Å². The molecule has 10 heteroatoms. The number of carbonyl (C=O) groups is 1. The third-order valence-electron chi connectivity index (χ3n) is 4.93. The second-order valence-corrected chi connectivity index (χ2v) is 7.71. The zero-order valence-corrected chi connectivity index (χ0v) is 17.2. The van der Waals surface area contributed by atoms with Gasteiger partial charge in [-0.3, -0.25) is 20.0 Å². The molecule has 29 heavy (non-hydrogen) atoms. The van der Waals surface area contributed by atoms with E-state index in [-0.39, 0.29) is 5.91 Å².